The summed E-state index contributed by atoms with van der Waals surface area (Å²) >= 11 is 0. The zero-order valence-corrected chi connectivity index (χ0v) is 15.1. The number of hydrogen-bond acceptors (Lipinski definition) is 5. The first-order chi connectivity index (χ1) is 11.7. The number of guanidine groups is 1. The van der Waals surface area contributed by atoms with Crippen molar-refractivity contribution in [1.29, 1.82) is 0 Å². The molecule has 0 saturated carbocycles. The largest absolute Gasteiger partial charge is 0.454 e. The Bertz CT molecular complexity index is 604. The summed E-state index contributed by atoms with van der Waals surface area (Å²) in [6.45, 7) is 6.90. The molecular weight excluding hydrogens is 326 g/mol. The Morgan fingerprint density at radius 1 is 1.20 bits per heavy atom. The molecule has 0 atom stereocenters. The van der Waals surface area contributed by atoms with Gasteiger partial charge in [-0.3, -0.25) is 9.79 Å². The molecule has 25 heavy (non-hydrogen) atoms. The zero-order chi connectivity index (χ0) is 18.9. The van der Waals surface area contributed by atoms with Gasteiger partial charge >= 0.3 is 6.09 Å². The number of aliphatic imine (C=N–C) groups is 1. The monoisotopic (exact) mass is 353 g/mol. The van der Waals surface area contributed by atoms with Gasteiger partial charge in [-0.1, -0.05) is 0 Å². The maximum absolute atomic E-state index is 11.5. The molecule has 0 fully saturated rings. The standard InChI is InChI=1S/C16H27N5O4/c1-16(2,3)25-15(23)20-9-5-8-19-14(18-4)21-10-11-6-7-12(24-11)13(17)22/h6-7H,5,8-10H2,1-4H3,(H2,17,22)(H,20,23)(H2,18,19,21). The van der Waals surface area contributed by atoms with Crippen LogP contribution in [0.1, 0.15) is 43.5 Å². The molecule has 5 N–H and O–H groups in total. The van der Waals surface area contributed by atoms with Crippen molar-refractivity contribution in [2.24, 2.45) is 10.7 Å². The van der Waals surface area contributed by atoms with Crippen LogP contribution in [0.3, 0.4) is 0 Å². The van der Waals surface area contributed by atoms with E-state index in [4.69, 9.17) is 14.9 Å². The molecule has 9 heteroatoms. The highest BCUT2D eigenvalue weighted by Crippen LogP contribution is 2.07. The number of carbonyl (C=O) groups excluding carboxylic acids is 2. The summed E-state index contributed by atoms with van der Waals surface area (Å²) < 4.78 is 10.4. The van der Waals surface area contributed by atoms with Crippen molar-refractivity contribution in [2.75, 3.05) is 20.1 Å². The van der Waals surface area contributed by atoms with Crippen molar-refractivity contribution in [1.82, 2.24) is 16.0 Å². The lowest BCUT2D eigenvalue weighted by Gasteiger charge is -2.19. The van der Waals surface area contributed by atoms with E-state index in [2.05, 4.69) is 20.9 Å². The van der Waals surface area contributed by atoms with E-state index >= 15 is 0 Å². The quantitative estimate of drug-likeness (QED) is 0.328. The van der Waals surface area contributed by atoms with Crippen LogP contribution in [0.25, 0.3) is 0 Å². The second-order valence-electron chi connectivity index (χ2n) is 6.26. The van der Waals surface area contributed by atoms with E-state index in [-0.39, 0.29) is 5.76 Å². The molecule has 1 heterocycles. The van der Waals surface area contributed by atoms with Crippen molar-refractivity contribution >= 4 is 18.0 Å². The third-order valence-corrected chi connectivity index (χ3v) is 2.87. The highest BCUT2D eigenvalue weighted by atomic mass is 16.6. The molecule has 0 spiro atoms. The van der Waals surface area contributed by atoms with Gasteiger partial charge in [-0.05, 0) is 39.3 Å². The summed E-state index contributed by atoms with van der Waals surface area (Å²) in [4.78, 5) is 26.5. The van der Waals surface area contributed by atoms with Crippen LogP contribution in [0.2, 0.25) is 0 Å². The van der Waals surface area contributed by atoms with Gasteiger partial charge in [-0.2, -0.15) is 0 Å². The number of nitrogens with one attached hydrogen (secondary N) is 3. The minimum absolute atomic E-state index is 0.118. The van der Waals surface area contributed by atoms with Crippen molar-refractivity contribution < 1.29 is 18.7 Å². The summed E-state index contributed by atoms with van der Waals surface area (Å²) in [5.41, 5.74) is 4.62. The van der Waals surface area contributed by atoms with Gasteiger partial charge in [0, 0.05) is 20.1 Å². The van der Waals surface area contributed by atoms with Gasteiger partial charge in [0.2, 0.25) is 0 Å². The van der Waals surface area contributed by atoms with E-state index in [0.717, 1.165) is 0 Å². The molecule has 0 radical (unpaired) electrons. The Balaban J connectivity index is 2.22. The summed E-state index contributed by atoms with van der Waals surface area (Å²) in [7, 11) is 1.64. The van der Waals surface area contributed by atoms with Gasteiger partial charge in [0.1, 0.15) is 11.4 Å². The van der Waals surface area contributed by atoms with E-state index in [9.17, 15) is 9.59 Å². The van der Waals surface area contributed by atoms with Crippen LogP contribution in [0.4, 0.5) is 4.79 Å². The van der Waals surface area contributed by atoms with Crippen molar-refractivity contribution in [2.45, 2.75) is 39.3 Å². The highest BCUT2D eigenvalue weighted by Gasteiger charge is 2.15. The van der Waals surface area contributed by atoms with Gasteiger partial charge < -0.3 is 30.8 Å². The third-order valence-electron chi connectivity index (χ3n) is 2.87. The van der Waals surface area contributed by atoms with E-state index < -0.39 is 17.6 Å². The van der Waals surface area contributed by atoms with Crippen LogP contribution in [0.15, 0.2) is 21.5 Å². The number of rotatable bonds is 7. The highest BCUT2D eigenvalue weighted by molar-refractivity contribution is 5.89. The van der Waals surface area contributed by atoms with Crippen molar-refractivity contribution in [3.63, 3.8) is 0 Å². The Morgan fingerprint density at radius 2 is 1.88 bits per heavy atom. The Morgan fingerprint density at radius 3 is 2.44 bits per heavy atom. The molecule has 1 aromatic heterocycles. The molecule has 9 nitrogen and oxygen atoms in total. The zero-order valence-electron chi connectivity index (χ0n) is 15.1. The third kappa shape index (κ3) is 8.63. The molecule has 0 bridgehead atoms. The fourth-order valence-electron chi connectivity index (χ4n) is 1.80. The fourth-order valence-corrected chi connectivity index (χ4v) is 1.80. The number of nitrogens with two attached hydrogens (primary N) is 1. The number of amides is 2. The number of alkyl carbamates (subject to hydrolysis) is 1. The number of ether oxygens (including phenoxy) is 1. The number of primary amides is 1. The molecule has 0 unspecified atom stereocenters. The van der Waals surface area contributed by atoms with Gasteiger partial charge in [0.15, 0.2) is 11.7 Å². The molecule has 2 amide bonds. The van der Waals surface area contributed by atoms with Crippen LogP contribution in [-0.2, 0) is 11.3 Å². The SMILES string of the molecule is CN=C(NCCCNC(=O)OC(C)(C)C)NCc1ccc(C(N)=O)o1. The number of hydrogen-bond donors (Lipinski definition) is 4. The lowest BCUT2D eigenvalue weighted by molar-refractivity contribution is 0.0527. The van der Waals surface area contributed by atoms with E-state index in [1.165, 1.54) is 6.07 Å². The lowest BCUT2D eigenvalue weighted by Crippen LogP contribution is -2.39. The Labute approximate surface area is 147 Å². The number of carbonyl (C=O) groups is 2. The first-order valence-corrected chi connectivity index (χ1v) is 8.01. The molecule has 0 aliphatic carbocycles. The summed E-state index contributed by atoms with van der Waals surface area (Å²) in [5, 5.41) is 8.84. The van der Waals surface area contributed by atoms with E-state index in [1.807, 2.05) is 20.8 Å². The molecule has 0 saturated heterocycles. The maximum Gasteiger partial charge on any atom is 0.407 e. The molecular formula is C16H27N5O4. The first kappa shape index (κ1) is 20.3. The normalized spacial score (nSPS) is 11.8. The number of furan rings is 1. The Hall–Kier alpha value is -2.71. The minimum atomic E-state index is -0.605. The molecule has 0 aliphatic rings. The molecule has 0 aromatic carbocycles. The minimum Gasteiger partial charge on any atom is -0.454 e. The summed E-state index contributed by atoms with van der Waals surface area (Å²) in [5.74, 6) is 0.664. The maximum atomic E-state index is 11.5. The molecule has 1 rings (SSSR count). The second-order valence-corrected chi connectivity index (χ2v) is 6.26. The summed E-state index contributed by atoms with van der Waals surface area (Å²) in [6.07, 6.45) is 0.269. The molecule has 1 aromatic rings. The Kier molecular flexibility index (Phi) is 7.77. The second kappa shape index (κ2) is 9.55. The lowest BCUT2D eigenvalue weighted by atomic mass is 10.2. The smallest absolute Gasteiger partial charge is 0.407 e. The van der Waals surface area contributed by atoms with Crippen molar-refractivity contribution in [3.05, 3.63) is 23.7 Å². The average molecular weight is 353 g/mol. The first-order valence-electron chi connectivity index (χ1n) is 8.01. The molecule has 0 aliphatic heterocycles. The van der Waals surface area contributed by atoms with Crippen LogP contribution in [0.5, 0.6) is 0 Å². The topological polar surface area (TPSA) is 131 Å². The van der Waals surface area contributed by atoms with Crippen LogP contribution >= 0.6 is 0 Å². The van der Waals surface area contributed by atoms with Crippen LogP contribution < -0.4 is 21.7 Å². The van der Waals surface area contributed by atoms with E-state index in [1.54, 1.807) is 13.1 Å². The fraction of sp³-hybridized carbons (Fsp3) is 0.562. The summed E-state index contributed by atoms with van der Waals surface area (Å²) in [6, 6.07) is 3.20. The average Bonchev–Trinajstić information content (AvgIpc) is 2.97. The molecule has 140 valence electrons. The van der Waals surface area contributed by atoms with Gasteiger partial charge in [0.25, 0.3) is 5.91 Å². The van der Waals surface area contributed by atoms with Gasteiger partial charge in [0.05, 0.1) is 6.54 Å². The van der Waals surface area contributed by atoms with Gasteiger partial charge in [-0.15, -0.1) is 0 Å². The van der Waals surface area contributed by atoms with Crippen molar-refractivity contribution in [3.8, 4) is 0 Å². The van der Waals surface area contributed by atoms with Crippen LogP contribution in [-0.4, -0.2) is 43.7 Å². The van der Waals surface area contributed by atoms with Gasteiger partial charge in [-0.25, -0.2) is 4.79 Å². The number of nitrogens with zero attached hydrogens (tertiary/aromatic N) is 1. The van der Waals surface area contributed by atoms with E-state index in [0.29, 0.717) is 37.8 Å². The predicted molar refractivity (Wildman–Crippen MR) is 94.3 cm³/mol. The van der Waals surface area contributed by atoms with Crippen LogP contribution in [0, 0.1) is 0 Å². The predicted octanol–water partition coefficient (Wildman–Crippen LogP) is 0.958.